The number of anilines is 1. The first kappa shape index (κ1) is 29.6. The molecule has 1 heterocycles. The van der Waals surface area contributed by atoms with E-state index in [1.807, 2.05) is 13.0 Å². The number of hydrogen-bond acceptors (Lipinski definition) is 7. The van der Waals surface area contributed by atoms with Crippen molar-refractivity contribution in [2.24, 2.45) is 0 Å². The molecular formula is C27H40N4O4S. The van der Waals surface area contributed by atoms with E-state index < -0.39 is 17.0 Å². The number of rotatable bonds is 14. The Morgan fingerprint density at radius 1 is 1.28 bits per heavy atom. The molecule has 0 bridgehead atoms. The molecule has 9 heteroatoms. The fourth-order valence-corrected chi connectivity index (χ4v) is 4.74. The normalized spacial score (nSPS) is 17.2. The average Bonchev–Trinajstić information content (AvgIpc) is 3.14. The van der Waals surface area contributed by atoms with Gasteiger partial charge in [-0.2, -0.15) is 14.6 Å². The molecular weight excluding hydrogens is 476 g/mol. The van der Waals surface area contributed by atoms with Gasteiger partial charge in [0.15, 0.2) is 5.88 Å². The molecule has 0 saturated carbocycles. The molecule has 0 radical (unpaired) electrons. The number of nitrogens with one attached hydrogen (secondary N) is 1. The molecule has 1 amide bonds. The molecule has 2 rings (SSSR count). The van der Waals surface area contributed by atoms with Crippen LogP contribution in [0.1, 0.15) is 66.2 Å². The molecule has 1 aromatic rings. The zero-order chi connectivity index (χ0) is 26.6. The number of amides is 1. The lowest BCUT2D eigenvalue weighted by molar-refractivity contribution is -0.112. The summed E-state index contributed by atoms with van der Waals surface area (Å²) in [4.78, 5) is 15.2. The molecule has 0 aliphatic carbocycles. The molecule has 198 valence electrons. The maximum absolute atomic E-state index is 12.7. The van der Waals surface area contributed by atoms with E-state index in [-0.39, 0.29) is 11.1 Å². The summed E-state index contributed by atoms with van der Waals surface area (Å²) in [6.07, 6.45) is 10.1. The molecule has 8 nitrogen and oxygen atoms in total. The topological polar surface area (TPSA) is 94.9 Å². The van der Waals surface area contributed by atoms with Gasteiger partial charge in [-0.1, -0.05) is 45.1 Å². The van der Waals surface area contributed by atoms with E-state index in [2.05, 4.69) is 31.0 Å². The van der Waals surface area contributed by atoms with E-state index in [0.29, 0.717) is 29.6 Å². The molecule has 1 fully saturated rings. The Morgan fingerprint density at radius 2 is 2.00 bits per heavy atom. The van der Waals surface area contributed by atoms with Crippen LogP contribution in [0.3, 0.4) is 0 Å². The molecule has 36 heavy (non-hydrogen) atoms. The van der Waals surface area contributed by atoms with Gasteiger partial charge in [0.25, 0.3) is 5.91 Å². The quantitative estimate of drug-likeness (QED) is 0.155. The monoisotopic (exact) mass is 516 g/mol. The third kappa shape index (κ3) is 9.08. The number of ether oxygens (including phenoxy) is 1. The van der Waals surface area contributed by atoms with Crippen molar-refractivity contribution in [3.05, 3.63) is 47.9 Å². The summed E-state index contributed by atoms with van der Waals surface area (Å²) in [6, 6.07) is 8.56. The minimum absolute atomic E-state index is 0.0618. The van der Waals surface area contributed by atoms with Crippen molar-refractivity contribution in [2.45, 2.75) is 76.7 Å². The lowest BCUT2D eigenvalue weighted by Gasteiger charge is -2.28. The fraction of sp³-hybridized carbons (Fsp3) is 0.556. The highest BCUT2D eigenvalue weighted by Crippen LogP contribution is 2.29. The van der Waals surface area contributed by atoms with Crippen molar-refractivity contribution in [2.75, 3.05) is 32.1 Å². The largest absolute Gasteiger partial charge is 0.477 e. The predicted octanol–water partition coefficient (Wildman–Crippen LogP) is 5.29. The Morgan fingerprint density at radius 3 is 2.69 bits per heavy atom. The zero-order valence-electron chi connectivity index (χ0n) is 22.2. The zero-order valence-corrected chi connectivity index (χ0v) is 23.0. The van der Waals surface area contributed by atoms with Crippen LogP contribution in [0.15, 0.2) is 52.8 Å². The summed E-state index contributed by atoms with van der Waals surface area (Å²) < 4.78 is 23.9. The lowest BCUT2D eigenvalue weighted by atomic mass is 10.1. The van der Waals surface area contributed by atoms with Gasteiger partial charge in [0.2, 0.25) is 11.1 Å². The first-order chi connectivity index (χ1) is 17.2. The highest BCUT2D eigenvalue weighted by Gasteiger charge is 2.35. The van der Waals surface area contributed by atoms with E-state index in [1.165, 1.54) is 31.8 Å². The van der Waals surface area contributed by atoms with Gasteiger partial charge in [0.05, 0.1) is 10.4 Å². The molecule has 1 atom stereocenters. The molecule has 0 spiro atoms. The van der Waals surface area contributed by atoms with Crippen LogP contribution in [0.5, 0.6) is 0 Å². The van der Waals surface area contributed by atoms with E-state index in [9.17, 15) is 14.3 Å². The maximum Gasteiger partial charge on any atom is 0.266 e. The molecule has 1 aliphatic rings. The molecule has 0 aromatic heterocycles. The summed E-state index contributed by atoms with van der Waals surface area (Å²) in [5.74, 6) is 0.0707. The molecule has 1 saturated heterocycles. The van der Waals surface area contributed by atoms with Crippen LogP contribution in [-0.2, 0) is 24.9 Å². The molecule has 1 N–H and O–H groups in total. The predicted molar refractivity (Wildman–Crippen MR) is 143 cm³/mol. The number of likely N-dealkylation sites (N-methyl/N-ethyl adjacent to an activating group) is 1. The van der Waals surface area contributed by atoms with Gasteiger partial charge in [-0.05, 0) is 57.5 Å². The summed E-state index contributed by atoms with van der Waals surface area (Å²) >= 11 is -1.72. The minimum Gasteiger partial charge on any atom is -0.477 e. The summed E-state index contributed by atoms with van der Waals surface area (Å²) in [7, 11) is 1.77. The van der Waals surface area contributed by atoms with Crippen molar-refractivity contribution < 1.29 is 18.0 Å². The van der Waals surface area contributed by atoms with Crippen LogP contribution in [-0.4, -0.2) is 52.4 Å². The van der Waals surface area contributed by atoms with Crippen LogP contribution in [0.4, 0.5) is 5.69 Å². The Hall–Kier alpha value is -2.67. The van der Waals surface area contributed by atoms with Crippen LogP contribution >= 0.6 is 0 Å². The van der Waals surface area contributed by atoms with Gasteiger partial charge >= 0.3 is 0 Å². The lowest BCUT2D eigenvalue weighted by Crippen LogP contribution is -2.39. The number of carbonyl (C=O) groups excluding carboxylic acids is 1. The van der Waals surface area contributed by atoms with E-state index in [1.54, 1.807) is 42.5 Å². The van der Waals surface area contributed by atoms with E-state index >= 15 is 0 Å². The van der Waals surface area contributed by atoms with Gasteiger partial charge < -0.3 is 15.0 Å². The highest BCUT2D eigenvalue weighted by molar-refractivity contribution is 7.80. The summed E-state index contributed by atoms with van der Waals surface area (Å²) in [5, 5.41) is 13.8. The second-order valence-electron chi connectivity index (χ2n) is 9.45. The van der Waals surface area contributed by atoms with Gasteiger partial charge in [-0.25, -0.2) is 4.21 Å². The van der Waals surface area contributed by atoms with Crippen molar-refractivity contribution in [1.82, 2.24) is 9.96 Å². The Bertz CT molecular complexity index is 1000. The van der Waals surface area contributed by atoms with Crippen molar-refractivity contribution in [1.29, 1.82) is 5.26 Å². The number of nitrogens with zero attached hydrogens (tertiary/aromatic N) is 3. The third-order valence-electron chi connectivity index (χ3n) is 5.95. The van der Waals surface area contributed by atoms with Crippen LogP contribution < -0.4 is 5.32 Å². The SMILES string of the molecule is CCCCCCCCN(C)OS(=O)c1cccc(NC(=O)C(C#N)=CC=C2OCC(C)(C)N2CC)c1. The smallest absolute Gasteiger partial charge is 0.266 e. The first-order valence-electron chi connectivity index (χ1n) is 12.7. The van der Waals surface area contributed by atoms with Crippen LogP contribution in [0.2, 0.25) is 0 Å². The molecule has 1 unspecified atom stereocenters. The Labute approximate surface area is 218 Å². The minimum atomic E-state index is -1.72. The number of nitriles is 1. The van der Waals surface area contributed by atoms with Crippen LogP contribution in [0, 0.1) is 11.3 Å². The number of allylic oxidation sites excluding steroid dienone is 2. The second-order valence-corrected chi connectivity index (χ2v) is 10.5. The molecule has 1 aliphatic heterocycles. The van der Waals surface area contributed by atoms with Crippen molar-refractivity contribution in [3.63, 3.8) is 0 Å². The fourth-order valence-electron chi connectivity index (χ4n) is 3.93. The van der Waals surface area contributed by atoms with Gasteiger partial charge in [-0.15, -0.1) is 0 Å². The summed E-state index contributed by atoms with van der Waals surface area (Å²) in [5.41, 5.74) is 0.216. The van der Waals surface area contributed by atoms with Crippen molar-refractivity contribution >= 4 is 22.7 Å². The number of hydroxylamine groups is 2. The van der Waals surface area contributed by atoms with E-state index in [4.69, 9.17) is 9.02 Å². The number of carbonyl (C=O) groups is 1. The Balaban J connectivity index is 1.95. The van der Waals surface area contributed by atoms with Crippen molar-refractivity contribution in [3.8, 4) is 6.07 Å². The summed E-state index contributed by atoms with van der Waals surface area (Å²) in [6.45, 7) is 10.4. The maximum atomic E-state index is 12.7. The number of hydrogen-bond donors (Lipinski definition) is 1. The number of benzene rings is 1. The second kappa shape index (κ2) is 14.8. The average molecular weight is 517 g/mol. The Kier molecular flexibility index (Phi) is 12.1. The number of unbranched alkanes of at least 4 members (excludes halogenated alkanes) is 5. The standard InChI is InChI=1S/C27H40N4O4S/c1-6-8-9-10-11-12-18-30(5)35-36(33)24-15-13-14-23(19-24)29-26(32)22(20-28)16-17-25-31(7-2)27(3,4)21-34-25/h13-17,19H,6-12,18,21H2,1-5H3,(H,29,32). The third-order valence-corrected chi connectivity index (χ3v) is 6.98. The molecule has 1 aromatic carbocycles. The van der Waals surface area contributed by atoms with Gasteiger partial charge in [0, 0.05) is 25.8 Å². The first-order valence-corrected chi connectivity index (χ1v) is 13.7. The highest BCUT2D eigenvalue weighted by atomic mass is 32.2. The van der Waals surface area contributed by atoms with Gasteiger partial charge in [-0.3, -0.25) is 4.79 Å². The van der Waals surface area contributed by atoms with E-state index in [0.717, 1.165) is 19.4 Å². The van der Waals surface area contributed by atoms with Gasteiger partial charge in [0.1, 0.15) is 18.2 Å². The van der Waals surface area contributed by atoms with Crippen LogP contribution in [0.25, 0.3) is 0 Å².